The summed E-state index contributed by atoms with van der Waals surface area (Å²) in [7, 11) is 1.63. The molecule has 1 aromatic rings. The summed E-state index contributed by atoms with van der Waals surface area (Å²) in [5.74, 6) is 0.541. The van der Waals surface area contributed by atoms with E-state index in [0.29, 0.717) is 32.0 Å². The predicted octanol–water partition coefficient (Wildman–Crippen LogP) is 2.13. The van der Waals surface area contributed by atoms with Crippen molar-refractivity contribution in [2.75, 3.05) is 26.8 Å². The zero-order chi connectivity index (χ0) is 14.8. The molecule has 4 nitrogen and oxygen atoms in total. The third kappa shape index (κ3) is 6.17. The Bertz CT molecular complexity index is 379. The smallest absolute Gasteiger partial charge is 0.221 e. The third-order valence-electron chi connectivity index (χ3n) is 3.17. The van der Waals surface area contributed by atoms with Crippen molar-refractivity contribution in [3.05, 3.63) is 35.9 Å². The van der Waals surface area contributed by atoms with Crippen molar-refractivity contribution in [2.24, 2.45) is 5.92 Å². The molecular weight excluding hydrogens is 252 g/mol. The van der Waals surface area contributed by atoms with Gasteiger partial charge in [0, 0.05) is 32.7 Å². The Morgan fingerprint density at radius 3 is 2.50 bits per heavy atom. The Kier molecular flexibility index (Phi) is 7.92. The summed E-state index contributed by atoms with van der Waals surface area (Å²) in [6.07, 6.45) is 0.486. The maximum atomic E-state index is 11.6. The van der Waals surface area contributed by atoms with Crippen molar-refractivity contribution in [3.8, 4) is 0 Å². The number of benzene rings is 1. The highest BCUT2D eigenvalue weighted by atomic mass is 16.5. The zero-order valence-electron chi connectivity index (χ0n) is 12.7. The second kappa shape index (κ2) is 9.50. The Morgan fingerprint density at radius 2 is 1.90 bits per heavy atom. The van der Waals surface area contributed by atoms with E-state index in [-0.39, 0.29) is 11.9 Å². The largest absolute Gasteiger partial charge is 0.383 e. The highest BCUT2D eigenvalue weighted by molar-refractivity contribution is 5.76. The molecule has 0 aliphatic heterocycles. The van der Waals surface area contributed by atoms with Crippen molar-refractivity contribution in [2.45, 2.75) is 26.3 Å². The number of hydrogen-bond donors (Lipinski definition) is 2. The molecule has 0 heterocycles. The predicted molar refractivity (Wildman–Crippen MR) is 81.5 cm³/mol. The van der Waals surface area contributed by atoms with E-state index in [9.17, 15) is 4.79 Å². The summed E-state index contributed by atoms with van der Waals surface area (Å²) in [4.78, 5) is 11.6. The lowest BCUT2D eigenvalue weighted by molar-refractivity contribution is -0.121. The fraction of sp³-hybridized carbons (Fsp3) is 0.562. The van der Waals surface area contributed by atoms with Crippen LogP contribution in [0.2, 0.25) is 0 Å². The van der Waals surface area contributed by atoms with Crippen LogP contribution in [0.4, 0.5) is 0 Å². The van der Waals surface area contributed by atoms with Crippen molar-refractivity contribution in [1.29, 1.82) is 0 Å². The van der Waals surface area contributed by atoms with Crippen LogP contribution in [0.15, 0.2) is 30.3 Å². The van der Waals surface area contributed by atoms with Gasteiger partial charge in [-0.1, -0.05) is 44.2 Å². The van der Waals surface area contributed by atoms with E-state index in [1.54, 1.807) is 7.11 Å². The van der Waals surface area contributed by atoms with Crippen LogP contribution in [0.3, 0.4) is 0 Å². The molecule has 0 bridgehead atoms. The molecule has 4 heteroatoms. The molecule has 1 aromatic carbocycles. The maximum absolute atomic E-state index is 11.6. The SMILES string of the molecule is COCCNC(=O)CCNC(c1ccccc1)C(C)C. The second-order valence-corrected chi connectivity index (χ2v) is 5.18. The number of amides is 1. The second-order valence-electron chi connectivity index (χ2n) is 5.18. The quantitative estimate of drug-likeness (QED) is 0.680. The molecule has 0 saturated carbocycles. The zero-order valence-corrected chi connectivity index (χ0v) is 12.7. The standard InChI is InChI=1S/C16H26N2O2/c1-13(2)16(14-7-5-4-6-8-14)18-10-9-15(19)17-11-12-20-3/h4-8,13,16,18H,9-12H2,1-3H3,(H,17,19). The average Bonchev–Trinajstić information content (AvgIpc) is 2.44. The van der Waals surface area contributed by atoms with Gasteiger partial charge in [0.25, 0.3) is 0 Å². The molecule has 0 aliphatic rings. The third-order valence-corrected chi connectivity index (χ3v) is 3.17. The van der Waals surface area contributed by atoms with E-state index in [0.717, 1.165) is 0 Å². The molecule has 20 heavy (non-hydrogen) atoms. The Labute approximate surface area is 121 Å². The van der Waals surface area contributed by atoms with Crippen molar-refractivity contribution >= 4 is 5.91 Å². The van der Waals surface area contributed by atoms with Gasteiger partial charge in [-0.25, -0.2) is 0 Å². The van der Waals surface area contributed by atoms with E-state index in [1.807, 2.05) is 18.2 Å². The highest BCUT2D eigenvalue weighted by Crippen LogP contribution is 2.20. The molecule has 112 valence electrons. The van der Waals surface area contributed by atoms with Crippen LogP contribution in [0.5, 0.6) is 0 Å². The van der Waals surface area contributed by atoms with Crippen molar-refractivity contribution < 1.29 is 9.53 Å². The molecule has 0 saturated heterocycles. The molecule has 1 amide bonds. The number of rotatable bonds is 9. The number of methoxy groups -OCH3 is 1. The van der Waals surface area contributed by atoms with Crippen LogP contribution >= 0.6 is 0 Å². The number of nitrogens with one attached hydrogen (secondary N) is 2. The molecule has 0 spiro atoms. The minimum absolute atomic E-state index is 0.0603. The molecule has 1 rings (SSSR count). The van der Waals surface area contributed by atoms with Crippen LogP contribution in [0, 0.1) is 5.92 Å². The van der Waals surface area contributed by atoms with Crippen LogP contribution < -0.4 is 10.6 Å². The number of ether oxygens (including phenoxy) is 1. The van der Waals surface area contributed by atoms with Gasteiger partial charge >= 0.3 is 0 Å². The van der Waals surface area contributed by atoms with Crippen LogP contribution in [-0.4, -0.2) is 32.7 Å². The molecule has 1 atom stereocenters. The lowest BCUT2D eigenvalue weighted by Crippen LogP contribution is -2.32. The summed E-state index contributed by atoms with van der Waals surface area (Å²) in [6.45, 7) is 6.17. The van der Waals surface area contributed by atoms with Crippen LogP contribution in [0.1, 0.15) is 31.9 Å². The fourth-order valence-corrected chi connectivity index (χ4v) is 2.12. The van der Waals surface area contributed by atoms with Crippen LogP contribution in [-0.2, 0) is 9.53 Å². The summed E-state index contributed by atoms with van der Waals surface area (Å²) < 4.78 is 4.89. The molecule has 0 aliphatic carbocycles. The van der Waals surface area contributed by atoms with Gasteiger partial charge in [0.05, 0.1) is 6.61 Å². The summed E-state index contributed by atoms with van der Waals surface area (Å²) in [6, 6.07) is 10.6. The van der Waals surface area contributed by atoms with Crippen LogP contribution in [0.25, 0.3) is 0 Å². The van der Waals surface area contributed by atoms with Gasteiger partial charge in [-0.15, -0.1) is 0 Å². The van der Waals surface area contributed by atoms with Gasteiger partial charge < -0.3 is 15.4 Å². The van der Waals surface area contributed by atoms with Crippen molar-refractivity contribution in [1.82, 2.24) is 10.6 Å². The van der Waals surface area contributed by atoms with E-state index < -0.39 is 0 Å². The Balaban J connectivity index is 2.35. The minimum Gasteiger partial charge on any atom is -0.383 e. The fourth-order valence-electron chi connectivity index (χ4n) is 2.12. The van der Waals surface area contributed by atoms with E-state index in [4.69, 9.17) is 4.74 Å². The number of carbonyl (C=O) groups is 1. The molecule has 0 fully saturated rings. The lowest BCUT2D eigenvalue weighted by Gasteiger charge is -2.23. The van der Waals surface area contributed by atoms with Gasteiger partial charge in [-0.3, -0.25) is 4.79 Å². The van der Waals surface area contributed by atoms with Gasteiger partial charge in [0.1, 0.15) is 0 Å². The van der Waals surface area contributed by atoms with Gasteiger partial charge in [0.15, 0.2) is 0 Å². The minimum atomic E-state index is 0.0603. The molecule has 0 radical (unpaired) electrons. The molecule has 1 unspecified atom stereocenters. The summed E-state index contributed by atoms with van der Waals surface area (Å²) in [5, 5.41) is 6.29. The Morgan fingerprint density at radius 1 is 1.20 bits per heavy atom. The lowest BCUT2D eigenvalue weighted by atomic mass is 9.96. The summed E-state index contributed by atoms with van der Waals surface area (Å²) in [5.41, 5.74) is 1.27. The highest BCUT2D eigenvalue weighted by Gasteiger charge is 2.14. The van der Waals surface area contributed by atoms with Crippen molar-refractivity contribution in [3.63, 3.8) is 0 Å². The van der Waals surface area contributed by atoms with Gasteiger partial charge in [0.2, 0.25) is 5.91 Å². The first-order valence-electron chi connectivity index (χ1n) is 7.19. The molecule has 2 N–H and O–H groups in total. The first kappa shape index (κ1) is 16.7. The number of carbonyl (C=O) groups excluding carboxylic acids is 1. The monoisotopic (exact) mass is 278 g/mol. The molecule has 0 aromatic heterocycles. The first-order valence-corrected chi connectivity index (χ1v) is 7.19. The maximum Gasteiger partial charge on any atom is 0.221 e. The normalized spacial score (nSPS) is 12.4. The average molecular weight is 278 g/mol. The molecular formula is C16H26N2O2. The van der Waals surface area contributed by atoms with E-state index >= 15 is 0 Å². The number of hydrogen-bond acceptors (Lipinski definition) is 3. The summed E-state index contributed by atoms with van der Waals surface area (Å²) >= 11 is 0. The van der Waals surface area contributed by atoms with Gasteiger partial charge in [-0.2, -0.15) is 0 Å². The first-order chi connectivity index (χ1) is 9.65. The Hall–Kier alpha value is -1.39. The van der Waals surface area contributed by atoms with Gasteiger partial charge in [-0.05, 0) is 11.5 Å². The topological polar surface area (TPSA) is 50.4 Å². The van der Waals surface area contributed by atoms with E-state index in [1.165, 1.54) is 5.56 Å². The van der Waals surface area contributed by atoms with E-state index in [2.05, 4.69) is 36.6 Å².